The molecule has 0 aliphatic carbocycles. The Morgan fingerprint density at radius 1 is 1.32 bits per heavy atom. The Kier molecular flexibility index (Phi) is 8.63. The van der Waals surface area contributed by atoms with Crippen LogP contribution in [0.1, 0.15) is 5.56 Å². The predicted molar refractivity (Wildman–Crippen MR) is 82.6 cm³/mol. The Morgan fingerprint density at radius 3 is 2.16 bits per heavy atom. The molecule has 0 saturated heterocycles. The molecule has 19 heavy (non-hydrogen) atoms. The molecule has 0 aliphatic rings. The number of nitrogens with zero attached hydrogens (tertiary/aromatic N) is 1. The summed E-state index contributed by atoms with van der Waals surface area (Å²) in [6.07, 6.45) is 0. The number of halogens is 1. The molecule has 0 saturated carbocycles. The largest absolute Gasteiger partial charge is 0.394 e. The second kappa shape index (κ2) is 9.07. The van der Waals surface area contributed by atoms with Gasteiger partial charge in [-0.1, -0.05) is 12.1 Å². The Labute approximate surface area is 126 Å². The zero-order chi connectivity index (χ0) is 14.9. The average Bonchev–Trinajstić information content (AvgIpc) is 2.30. The van der Waals surface area contributed by atoms with E-state index in [1.165, 1.54) is 9.13 Å². The molecule has 9 heteroatoms. The van der Waals surface area contributed by atoms with E-state index in [0.29, 0.717) is 0 Å². The first-order valence-electron chi connectivity index (χ1n) is 5.09. The lowest BCUT2D eigenvalue weighted by atomic mass is 10.2. The zero-order valence-corrected chi connectivity index (χ0v) is 13.4. The third kappa shape index (κ3) is 11.9. The average molecular weight is 401 g/mol. The van der Waals surface area contributed by atoms with Gasteiger partial charge in [-0.15, -0.1) is 0 Å². The molecule has 0 amide bonds. The van der Waals surface area contributed by atoms with Crippen molar-refractivity contribution in [2.75, 3.05) is 14.1 Å². The first-order chi connectivity index (χ1) is 8.76. The van der Waals surface area contributed by atoms with Crippen LogP contribution in [0, 0.1) is 3.57 Å². The van der Waals surface area contributed by atoms with E-state index >= 15 is 0 Å². The fraction of sp³-hybridized carbons (Fsp3) is 0.300. The molecule has 0 aromatic heterocycles. The highest BCUT2D eigenvalue weighted by Gasteiger charge is 1.94. The van der Waals surface area contributed by atoms with Crippen LogP contribution in [0.3, 0.4) is 0 Å². The molecule has 0 atom stereocenters. The van der Waals surface area contributed by atoms with E-state index in [0.717, 1.165) is 12.5 Å². The summed E-state index contributed by atoms with van der Waals surface area (Å²) in [4.78, 5) is 4.03. The minimum Gasteiger partial charge on any atom is -0.359 e. The first-order valence-corrected chi connectivity index (χ1v) is 7.56. The van der Waals surface area contributed by atoms with Gasteiger partial charge in [0.1, 0.15) is 0 Å². The van der Waals surface area contributed by atoms with E-state index in [2.05, 4.69) is 62.5 Å². The summed E-state index contributed by atoms with van der Waals surface area (Å²) in [7, 11) is -1.06. The highest BCUT2D eigenvalue weighted by Crippen LogP contribution is 2.06. The molecule has 108 valence electrons. The predicted octanol–water partition coefficient (Wildman–Crippen LogP) is 0.933. The topological polar surface area (TPSA) is 111 Å². The van der Waals surface area contributed by atoms with Crippen LogP contribution in [0.4, 0.5) is 0 Å². The molecule has 1 aromatic rings. The molecular weight excluding hydrogens is 385 g/mol. The molecule has 0 radical (unpaired) electrons. The number of rotatable bonds is 2. The molecule has 0 spiro atoms. The van der Waals surface area contributed by atoms with Crippen molar-refractivity contribution in [2.24, 2.45) is 4.99 Å². The van der Waals surface area contributed by atoms with Gasteiger partial charge in [0.25, 0.3) is 0 Å². The van der Waals surface area contributed by atoms with Crippen LogP contribution in [0.15, 0.2) is 29.3 Å². The molecular formula is C10H16IN3O4S. The Hall–Kier alpha value is -0.910. The van der Waals surface area contributed by atoms with Crippen LogP contribution in [0.25, 0.3) is 0 Å². The van der Waals surface area contributed by atoms with Crippen LogP contribution in [-0.2, 0) is 16.9 Å². The van der Waals surface area contributed by atoms with Crippen molar-refractivity contribution in [3.8, 4) is 0 Å². The maximum Gasteiger partial charge on any atom is 0.394 e. The van der Waals surface area contributed by atoms with Crippen LogP contribution in [-0.4, -0.2) is 37.6 Å². The van der Waals surface area contributed by atoms with Gasteiger partial charge in [-0.25, -0.2) is 0 Å². The van der Waals surface area contributed by atoms with Crippen molar-refractivity contribution < 1.29 is 17.5 Å². The van der Waals surface area contributed by atoms with E-state index in [1.54, 1.807) is 7.05 Å². The molecule has 0 bridgehead atoms. The third-order valence-corrected chi connectivity index (χ3v) is 2.55. The highest BCUT2D eigenvalue weighted by molar-refractivity contribution is 14.1. The molecule has 1 rings (SSSR count). The third-order valence-electron chi connectivity index (χ3n) is 1.83. The van der Waals surface area contributed by atoms with Gasteiger partial charge in [0.2, 0.25) is 0 Å². The van der Waals surface area contributed by atoms with Gasteiger partial charge in [-0.3, -0.25) is 14.1 Å². The SMILES string of the molecule is CN=C(NC)NCc1ccc(I)cc1.O=S(=O)(O)O. The molecule has 4 N–H and O–H groups in total. The summed E-state index contributed by atoms with van der Waals surface area (Å²) in [6.45, 7) is 0.796. The summed E-state index contributed by atoms with van der Waals surface area (Å²) in [5.74, 6) is 0.809. The summed E-state index contributed by atoms with van der Waals surface area (Å²) in [5, 5.41) is 6.16. The number of aliphatic imine (C=N–C) groups is 1. The minimum atomic E-state index is -4.67. The molecule has 7 nitrogen and oxygen atoms in total. The number of nitrogens with one attached hydrogen (secondary N) is 2. The second-order valence-electron chi connectivity index (χ2n) is 3.25. The minimum absolute atomic E-state index is 0.796. The molecule has 0 fully saturated rings. The van der Waals surface area contributed by atoms with Crippen LogP contribution in [0.2, 0.25) is 0 Å². The van der Waals surface area contributed by atoms with Crippen molar-refractivity contribution >= 4 is 38.9 Å². The fourth-order valence-corrected chi connectivity index (χ4v) is 1.43. The van der Waals surface area contributed by atoms with E-state index < -0.39 is 10.4 Å². The molecule has 0 unspecified atom stereocenters. The Balaban J connectivity index is 0.000000555. The molecule has 0 aliphatic heterocycles. The van der Waals surface area contributed by atoms with Crippen molar-refractivity contribution in [2.45, 2.75) is 6.54 Å². The smallest absolute Gasteiger partial charge is 0.359 e. The van der Waals surface area contributed by atoms with Gasteiger partial charge in [-0.05, 0) is 40.3 Å². The van der Waals surface area contributed by atoms with E-state index in [1.807, 2.05) is 7.05 Å². The standard InChI is InChI=1S/C10H14IN3.H2O4S/c1-12-10(13-2)14-7-8-3-5-9(11)6-4-8;1-5(2,3)4/h3-6H,7H2,1-2H3,(H2,12,13,14);(H2,1,2,3,4). The monoisotopic (exact) mass is 401 g/mol. The van der Waals surface area contributed by atoms with Gasteiger partial charge in [0.15, 0.2) is 5.96 Å². The second-order valence-corrected chi connectivity index (χ2v) is 5.39. The van der Waals surface area contributed by atoms with Crippen molar-refractivity contribution in [1.29, 1.82) is 0 Å². The van der Waals surface area contributed by atoms with Gasteiger partial charge in [-0.2, -0.15) is 8.42 Å². The number of guanidine groups is 1. The summed E-state index contributed by atoms with van der Waals surface area (Å²) in [6, 6.07) is 8.41. The van der Waals surface area contributed by atoms with Gasteiger partial charge in [0, 0.05) is 24.2 Å². The lowest BCUT2D eigenvalue weighted by Gasteiger charge is -2.08. The van der Waals surface area contributed by atoms with Crippen LogP contribution in [0.5, 0.6) is 0 Å². The van der Waals surface area contributed by atoms with Gasteiger partial charge < -0.3 is 10.6 Å². The maximum atomic E-state index is 8.74. The zero-order valence-electron chi connectivity index (χ0n) is 10.5. The van der Waals surface area contributed by atoms with Crippen LogP contribution < -0.4 is 10.6 Å². The number of benzene rings is 1. The lowest BCUT2D eigenvalue weighted by molar-refractivity contribution is 0.381. The summed E-state index contributed by atoms with van der Waals surface area (Å²) in [5.41, 5.74) is 1.25. The quantitative estimate of drug-likeness (QED) is 0.254. The number of hydrogen-bond acceptors (Lipinski definition) is 3. The Morgan fingerprint density at radius 2 is 1.79 bits per heavy atom. The van der Waals surface area contributed by atoms with Gasteiger partial charge in [0.05, 0.1) is 0 Å². The van der Waals surface area contributed by atoms with Crippen molar-refractivity contribution in [3.05, 3.63) is 33.4 Å². The fourth-order valence-electron chi connectivity index (χ4n) is 1.07. The van der Waals surface area contributed by atoms with E-state index in [9.17, 15) is 0 Å². The Bertz CT molecular complexity index is 494. The summed E-state index contributed by atoms with van der Waals surface area (Å²) < 4.78 is 32.8. The molecule has 0 heterocycles. The van der Waals surface area contributed by atoms with E-state index in [4.69, 9.17) is 17.5 Å². The molecule has 1 aromatic carbocycles. The lowest BCUT2D eigenvalue weighted by Crippen LogP contribution is -2.34. The van der Waals surface area contributed by atoms with Gasteiger partial charge >= 0.3 is 10.4 Å². The van der Waals surface area contributed by atoms with Crippen molar-refractivity contribution in [3.63, 3.8) is 0 Å². The maximum absolute atomic E-state index is 8.74. The normalized spacial score (nSPS) is 11.3. The summed E-state index contributed by atoms with van der Waals surface area (Å²) >= 11 is 2.30. The van der Waals surface area contributed by atoms with Crippen LogP contribution >= 0.6 is 22.6 Å². The van der Waals surface area contributed by atoms with E-state index in [-0.39, 0.29) is 0 Å². The number of hydrogen-bond donors (Lipinski definition) is 4. The van der Waals surface area contributed by atoms with Crippen molar-refractivity contribution in [1.82, 2.24) is 10.6 Å². The first kappa shape index (κ1) is 18.1. The highest BCUT2D eigenvalue weighted by atomic mass is 127.